The number of hydrogen-bond acceptors (Lipinski definition) is 4. The number of urea groups is 1. The number of rotatable bonds is 3. The molecule has 118 valence electrons. The van der Waals surface area contributed by atoms with Gasteiger partial charge in [-0.3, -0.25) is 4.79 Å². The highest BCUT2D eigenvalue weighted by Gasteiger charge is 2.24. The van der Waals surface area contributed by atoms with Crippen molar-refractivity contribution >= 4 is 17.6 Å². The average Bonchev–Trinajstić information content (AvgIpc) is 3.17. The topological polar surface area (TPSA) is 79.9 Å². The van der Waals surface area contributed by atoms with Gasteiger partial charge in [0.25, 0.3) is 0 Å². The van der Waals surface area contributed by atoms with Gasteiger partial charge in [-0.25, -0.2) is 4.79 Å². The highest BCUT2D eigenvalue weighted by atomic mass is 16.7. The smallest absolute Gasteiger partial charge is 0.319 e. The molecule has 2 heterocycles. The van der Waals surface area contributed by atoms with Crippen LogP contribution in [0.25, 0.3) is 0 Å². The lowest BCUT2D eigenvalue weighted by Crippen LogP contribution is -2.47. The molecular weight excluding hydrogens is 286 g/mol. The predicted molar refractivity (Wildman–Crippen MR) is 80.0 cm³/mol. The van der Waals surface area contributed by atoms with E-state index in [0.717, 1.165) is 25.9 Å². The Bertz CT molecular complexity index is 584. The zero-order valence-electron chi connectivity index (χ0n) is 12.4. The zero-order valence-corrected chi connectivity index (χ0v) is 12.4. The van der Waals surface area contributed by atoms with E-state index in [1.54, 1.807) is 30.0 Å². The summed E-state index contributed by atoms with van der Waals surface area (Å²) in [6.45, 7) is 3.43. The van der Waals surface area contributed by atoms with Crippen molar-refractivity contribution in [2.75, 3.05) is 25.2 Å². The molecule has 1 saturated heterocycles. The second kappa shape index (κ2) is 6.13. The fraction of sp³-hybridized carbons (Fsp3) is 0.467. The molecule has 0 unspecified atom stereocenters. The lowest BCUT2D eigenvalue weighted by Gasteiger charge is -2.21. The Kier molecular flexibility index (Phi) is 4.04. The summed E-state index contributed by atoms with van der Waals surface area (Å²) in [5.74, 6) is 1.21. The molecule has 2 aliphatic heterocycles. The molecule has 7 nitrogen and oxygen atoms in total. The van der Waals surface area contributed by atoms with Crippen LogP contribution in [0.4, 0.5) is 10.5 Å². The maximum atomic E-state index is 12.1. The summed E-state index contributed by atoms with van der Waals surface area (Å²) >= 11 is 0. The second-order valence-electron chi connectivity index (χ2n) is 5.42. The Hall–Kier alpha value is -2.44. The summed E-state index contributed by atoms with van der Waals surface area (Å²) in [7, 11) is 0. The average molecular weight is 305 g/mol. The number of benzene rings is 1. The molecule has 1 aromatic carbocycles. The van der Waals surface area contributed by atoms with Crippen LogP contribution in [0.15, 0.2) is 18.2 Å². The molecule has 0 radical (unpaired) electrons. The van der Waals surface area contributed by atoms with Crippen molar-refractivity contribution in [3.05, 3.63) is 18.2 Å². The molecule has 2 N–H and O–H groups in total. The standard InChI is InChI=1S/C15H19N3O4/c1-10(14(19)18-6-2-3-7-18)16-15(20)17-11-4-5-12-13(8-11)22-9-21-12/h4-5,8,10H,2-3,6-7,9H2,1H3,(H2,16,17,20)/t10-/m1/s1. The molecule has 0 bridgehead atoms. The maximum absolute atomic E-state index is 12.1. The number of ether oxygens (including phenoxy) is 2. The predicted octanol–water partition coefficient (Wildman–Crippen LogP) is 1.55. The van der Waals surface area contributed by atoms with E-state index in [1.165, 1.54) is 0 Å². The molecule has 1 atom stereocenters. The number of fused-ring (bicyclic) bond motifs is 1. The number of carbonyl (C=O) groups is 2. The lowest BCUT2D eigenvalue weighted by molar-refractivity contribution is -0.131. The Balaban J connectivity index is 1.54. The Labute approximate surface area is 128 Å². The number of carbonyl (C=O) groups excluding carboxylic acids is 2. The fourth-order valence-corrected chi connectivity index (χ4v) is 2.61. The van der Waals surface area contributed by atoms with Crippen LogP contribution in [-0.4, -0.2) is 42.8 Å². The number of likely N-dealkylation sites (tertiary alicyclic amines) is 1. The van der Waals surface area contributed by atoms with Gasteiger partial charge in [0, 0.05) is 24.8 Å². The third-order valence-corrected chi connectivity index (χ3v) is 3.77. The molecule has 7 heteroatoms. The second-order valence-corrected chi connectivity index (χ2v) is 5.42. The van der Waals surface area contributed by atoms with E-state index < -0.39 is 12.1 Å². The molecule has 22 heavy (non-hydrogen) atoms. The summed E-state index contributed by atoms with van der Waals surface area (Å²) < 4.78 is 10.5. The van der Waals surface area contributed by atoms with E-state index in [2.05, 4.69) is 10.6 Å². The molecule has 0 aliphatic carbocycles. The number of amides is 3. The van der Waals surface area contributed by atoms with Crippen LogP contribution >= 0.6 is 0 Å². The maximum Gasteiger partial charge on any atom is 0.319 e. The number of anilines is 1. The largest absolute Gasteiger partial charge is 0.454 e. The monoisotopic (exact) mass is 305 g/mol. The van der Waals surface area contributed by atoms with Gasteiger partial charge in [-0.05, 0) is 31.9 Å². The minimum absolute atomic E-state index is 0.0432. The molecule has 1 fully saturated rings. The quantitative estimate of drug-likeness (QED) is 0.888. The molecule has 1 aromatic rings. The van der Waals surface area contributed by atoms with Crippen molar-refractivity contribution in [3.8, 4) is 11.5 Å². The van der Waals surface area contributed by atoms with Crippen molar-refractivity contribution in [1.29, 1.82) is 0 Å². The van der Waals surface area contributed by atoms with Crippen molar-refractivity contribution < 1.29 is 19.1 Å². The summed E-state index contributed by atoms with van der Waals surface area (Å²) in [5, 5.41) is 5.35. The van der Waals surface area contributed by atoms with E-state index in [9.17, 15) is 9.59 Å². The van der Waals surface area contributed by atoms with E-state index in [0.29, 0.717) is 17.2 Å². The molecule has 3 rings (SSSR count). The van der Waals surface area contributed by atoms with Gasteiger partial charge >= 0.3 is 6.03 Å². The molecule has 0 spiro atoms. The summed E-state index contributed by atoms with van der Waals surface area (Å²) in [6.07, 6.45) is 2.06. The van der Waals surface area contributed by atoms with Gasteiger partial charge in [0.2, 0.25) is 12.7 Å². The number of nitrogens with one attached hydrogen (secondary N) is 2. The van der Waals surface area contributed by atoms with Crippen LogP contribution in [0, 0.1) is 0 Å². The van der Waals surface area contributed by atoms with Crippen molar-refractivity contribution in [1.82, 2.24) is 10.2 Å². The summed E-state index contributed by atoms with van der Waals surface area (Å²) in [6, 6.07) is 4.18. The van der Waals surface area contributed by atoms with Crippen molar-refractivity contribution in [3.63, 3.8) is 0 Å². The normalized spacial score (nSPS) is 17.2. The third kappa shape index (κ3) is 3.08. The van der Waals surface area contributed by atoms with Crippen LogP contribution in [0.1, 0.15) is 19.8 Å². The van der Waals surface area contributed by atoms with Crippen molar-refractivity contribution in [2.24, 2.45) is 0 Å². The SMILES string of the molecule is C[C@@H](NC(=O)Nc1ccc2c(c1)OCO2)C(=O)N1CCCC1. The van der Waals surface area contributed by atoms with Crippen LogP contribution in [0.2, 0.25) is 0 Å². The minimum Gasteiger partial charge on any atom is -0.454 e. The molecule has 2 aliphatic rings. The first-order valence-corrected chi connectivity index (χ1v) is 7.39. The lowest BCUT2D eigenvalue weighted by atomic mass is 10.2. The fourth-order valence-electron chi connectivity index (χ4n) is 2.61. The van der Waals surface area contributed by atoms with E-state index in [-0.39, 0.29) is 12.7 Å². The van der Waals surface area contributed by atoms with Gasteiger partial charge in [-0.2, -0.15) is 0 Å². The van der Waals surface area contributed by atoms with Crippen molar-refractivity contribution in [2.45, 2.75) is 25.8 Å². The van der Waals surface area contributed by atoms with Crippen LogP contribution < -0.4 is 20.1 Å². The van der Waals surface area contributed by atoms with Gasteiger partial charge in [-0.15, -0.1) is 0 Å². The van der Waals surface area contributed by atoms with Gasteiger partial charge in [-0.1, -0.05) is 0 Å². The molecular formula is C15H19N3O4. The van der Waals surface area contributed by atoms with E-state index in [4.69, 9.17) is 9.47 Å². The Morgan fingerprint density at radius 1 is 1.18 bits per heavy atom. The summed E-state index contributed by atoms with van der Waals surface area (Å²) in [5.41, 5.74) is 0.586. The minimum atomic E-state index is -0.549. The van der Waals surface area contributed by atoms with Gasteiger partial charge < -0.3 is 25.0 Å². The first-order chi connectivity index (χ1) is 10.6. The van der Waals surface area contributed by atoms with Crippen LogP contribution in [0.5, 0.6) is 11.5 Å². The van der Waals surface area contributed by atoms with Gasteiger partial charge in [0.15, 0.2) is 11.5 Å². The van der Waals surface area contributed by atoms with Gasteiger partial charge in [0.1, 0.15) is 6.04 Å². The zero-order chi connectivity index (χ0) is 15.5. The Morgan fingerprint density at radius 3 is 2.68 bits per heavy atom. The van der Waals surface area contributed by atoms with E-state index in [1.807, 2.05) is 0 Å². The van der Waals surface area contributed by atoms with E-state index >= 15 is 0 Å². The highest BCUT2D eigenvalue weighted by molar-refractivity contribution is 5.93. The first kappa shape index (κ1) is 14.5. The van der Waals surface area contributed by atoms with Crippen LogP contribution in [0.3, 0.4) is 0 Å². The van der Waals surface area contributed by atoms with Crippen LogP contribution in [-0.2, 0) is 4.79 Å². The summed E-state index contributed by atoms with van der Waals surface area (Å²) in [4.78, 5) is 25.9. The molecule has 0 saturated carbocycles. The molecule has 0 aromatic heterocycles. The first-order valence-electron chi connectivity index (χ1n) is 7.39. The number of hydrogen-bond donors (Lipinski definition) is 2. The Morgan fingerprint density at radius 2 is 1.91 bits per heavy atom. The molecule has 3 amide bonds. The highest BCUT2D eigenvalue weighted by Crippen LogP contribution is 2.34. The third-order valence-electron chi connectivity index (χ3n) is 3.77. The number of nitrogens with zero attached hydrogens (tertiary/aromatic N) is 1. The van der Waals surface area contributed by atoms with Gasteiger partial charge in [0.05, 0.1) is 0 Å².